The Morgan fingerprint density at radius 2 is 1.81 bits per heavy atom. The smallest absolute Gasteiger partial charge is 0.0595 e. The largest absolute Gasteiger partial charge is 0.319 e. The third-order valence-electron chi connectivity index (χ3n) is 3.47. The zero-order valence-electron chi connectivity index (χ0n) is 11.9. The molecule has 21 heavy (non-hydrogen) atoms. The molecule has 4 heteroatoms. The molecule has 0 aliphatic rings. The Morgan fingerprint density at radius 3 is 2.48 bits per heavy atom. The lowest BCUT2D eigenvalue weighted by atomic mass is 9.92. The predicted molar refractivity (Wildman–Crippen MR) is 95.4 cm³/mol. The second-order valence-corrected chi connectivity index (χ2v) is 6.84. The zero-order valence-corrected chi connectivity index (χ0v) is 15.0. The van der Waals surface area contributed by atoms with Crippen LogP contribution in [-0.4, -0.2) is 13.6 Å². The Labute approximate surface area is 144 Å². The molecule has 1 unspecified atom stereocenters. The van der Waals surface area contributed by atoms with Crippen molar-refractivity contribution in [3.63, 3.8) is 0 Å². The summed E-state index contributed by atoms with van der Waals surface area (Å²) in [5, 5.41) is 4.51. The normalized spacial score (nSPS) is 12.4. The van der Waals surface area contributed by atoms with Gasteiger partial charge in [0.05, 0.1) is 10.0 Å². The summed E-state index contributed by atoms with van der Waals surface area (Å²) in [5.41, 5.74) is 2.55. The van der Waals surface area contributed by atoms with E-state index >= 15 is 0 Å². The molecule has 0 fully saturated rings. The van der Waals surface area contributed by atoms with E-state index in [-0.39, 0.29) is 0 Å². The molecular formula is C17H18BrCl2N. The van der Waals surface area contributed by atoms with E-state index in [1.165, 1.54) is 15.6 Å². The van der Waals surface area contributed by atoms with Crippen LogP contribution in [0.15, 0.2) is 46.9 Å². The van der Waals surface area contributed by atoms with Crippen LogP contribution in [0.25, 0.3) is 0 Å². The number of benzene rings is 2. The van der Waals surface area contributed by atoms with Crippen LogP contribution in [0, 0.1) is 5.92 Å². The number of halogens is 3. The first kappa shape index (κ1) is 16.8. The average molecular weight is 387 g/mol. The van der Waals surface area contributed by atoms with Crippen LogP contribution in [0.4, 0.5) is 0 Å². The van der Waals surface area contributed by atoms with E-state index in [1.54, 1.807) is 0 Å². The van der Waals surface area contributed by atoms with Crippen LogP contribution >= 0.6 is 39.1 Å². The zero-order chi connectivity index (χ0) is 15.2. The number of rotatable bonds is 6. The molecule has 0 aliphatic heterocycles. The van der Waals surface area contributed by atoms with Gasteiger partial charge < -0.3 is 5.32 Å². The molecule has 0 bridgehead atoms. The molecule has 0 heterocycles. The highest BCUT2D eigenvalue weighted by atomic mass is 79.9. The fourth-order valence-electron chi connectivity index (χ4n) is 2.48. The fraction of sp³-hybridized carbons (Fsp3) is 0.294. The van der Waals surface area contributed by atoms with Gasteiger partial charge in [-0.25, -0.2) is 0 Å². The van der Waals surface area contributed by atoms with Crippen molar-refractivity contribution in [1.29, 1.82) is 0 Å². The quantitative estimate of drug-likeness (QED) is 0.702. The third kappa shape index (κ3) is 5.00. The van der Waals surface area contributed by atoms with E-state index < -0.39 is 0 Å². The van der Waals surface area contributed by atoms with E-state index in [0.717, 1.165) is 19.4 Å². The van der Waals surface area contributed by atoms with Gasteiger partial charge in [0, 0.05) is 4.47 Å². The molecule has 0 aromatic heterocycles. The van der Waals surface area contributed by atoms with Gasteiger partial charge in [0.2, 0.25) is 0 Å². The molecule has 2 rings (SSSR count). The van der Waals surface area contributed by atoms with Crippen LogP contribution in [-0.2, 0) is 12.8 Å². The summed E-state index contributed by atoms with van der Waals surface area (Å²) in [6, 6.07) is 14.3. The van der Waals surface area contributed by atoms with Crippen molar-refractivity contribution < 1.29 is 0 Å². The summed E-state index contributed by atoms with van der Waals surface area (Å²) < 4.78 is 1.17. The average Bonchev–Trinajstić information content (AvgIpc) is 2.46. The molecule has 0 saturated carbocycles. The van der Waals surface area contributed by atoms with Crippen molar-refractivity contribution in [2.75, 3.05) is 13.6 Å². The second kappa shape index (κ2) is 8.19. The van der Waals surface area contributed by atoms with E-state index in [4.69, 9.17) is 23.2 Å². The fourth-order valence-corrected chi connectivity index (χ4v) is 3.25. The van der Waals surface area contributed by atoms with Crippen molar-refractivity contribution in [2.45, 2.75) is 12.8 Å². The Morgan fingerprint density at radius 1 is 1.05 bits per heavy atom. The first-order valence-electron chi connectivity index (χ1n) is 6.92. The van der Waals surface area contributed by atoms with E-state index in [2.05, 4.69) is 45.5 Å². The first-order chi connectivity index (χ1) is 10.1. The monoisotopic (exact) mass is 385 g/mol. The Kier molecular flexibility index (Phi) is 6.56. The molecular weight excluding hydrogens is 369 g/mol. The maximum atomic E-state index is 6.10. The van der Waals surface area contributed by atoms with Gasteiger partial charge in [-0.15, -0.1) is 0 Å². The topological polar surface area (TPSA) is 12.0 Å². The molecule has 112 valence electrons. The van der Waals surface area contributed by atoms with Crippen molar-refractivity contribution in [1.82, 2.24) is 5.32 Å². The van der Waals surface area contributed by atoms with Gasteiger partial charge in [0.25, 0.3) is 0 Å². The van der Waals surface area contributed by atoms with E-state index in [9.17, 15) is 0 Å². The summed E-state index contributed by atoms with van der Waals surface area (Å²) in [6.45, 7) is 0.960. The van der Waals surface area contributed by atoms with Crippen molar-refractivity contribution in [3.05, 3.63) is 68.1 Å². The molecule has 0 saturated heterocycles. The molecule has 0 amide bonds. The van der Waals surface area contributed by atoms with Gasteiger partial charge in [-0.3, -0.25) is 0 Å². The maximum absolute atomic E-state index is 6.10. The van der Waals surface area contributed by atoms with Gasteiger partial charge in [0.1, 0.15) is 0 Å². The first-order valence-corrected chi connectivity index (χ1v) is 8.47. The minimum Gasteiger partial charge on any atom is -0.319 e. The van der Waals surface area contributed by atoms with E-state index in [1.807, 2.05) is 25.2 Å². The third-order valence-corrected chi connectivity index (χ3v) is 4.98. The molecule has 1 N–H and O–H groups in total. The van der Waals surface area contributed by atoms with Crippen molar-refractivity contribution in [2.24, 2.45) is 5.92 Å². The molecule has 1 atom stereocenters. The van der Waals surface area contributed by atoms with Crippen molar-refractivity contribution >= 4 is 39.1 Å². The summed E-state index contributed by atoms with van der Waals surface area (Å²) in [6.07, 6.45) is 1.99. The van der Waals surface area contributed by atoms with Gasteiger partial charge in [-0.05, 0) is 61.7 Å². The second-order valence-electron chi connectivity index (χ2n) is 5.17. The minimum atomic E-state index is 0.506. The molecule has 2 aromatic carbocycles. The number of hydrogen-bond donors (Lipinski definition) is 1. The number of hydrogen-bond acceptors (Lipinski definition) is 1. The lowest BCUT2D eigenvalue weighted by Gasteiger charge is -2.18. The van der Waals surface area contributed by atoms with Gasteiger partial charge in [0.15, 0.2) is 0 Å². The molecule has 0 aliphatic carbocycles. The molecule has 2 aromatic rings. The number of nitrogens with one attached hydrogen (secondary N) is 1. The summed E-state index contributed by atoms with van der Waals surface area (Å²) in [7, 11) is 1.99. The predicted octanol–water partition coefficient (Wildman–Crippen LogP) is 5.38. The Bertz CT molecular complexity index is 601. The highest BCUT2D eigenvalue weighted by molar-refractivity contribution is 9.10. The Hall–Kier alpha value is -0.540. The summed E-state index contributed by atoms with van der Waals surface area (Å²) in [5.74, 6) is 0.506. The van der Waals surface area contributed by atoms with Crippen molar-refractivity contribution in [3.8, 4) is 0 Å². The highest BCUT2D eigenvalue weighted by Crippen LogP contribution is 2.26. The van der Waals surface area contributed by atoms with Crippen LogP contribution in [0.3, 0.4) is 0 Å². The van der Waals surface area contributed by atoms with E-state index in [0.29, 0.717) is 16.0 Å². The Balaban J connectivity index is 2.11. The maximum Gasteiger partial charge on any atom is 0.0595 e. The molecule has 0 radical (unpaired) electrons. The van der Waals surface area contributed by atoms with Crippen LogP contribution in [0.1, 0.15) is 11.1 Å². The lowest BCUT2D eigenvalue weighted by Crippen LogP contribution is -2.23. The SMILES string of the molecule is CNCC(Cc1ccc(Cl)c(Cl)c1)Cc1ccccc1Br. The van der Waals surface area contributed by atoms with Gasteiger partial charge in [-0.2, -0.15) is 0 Å². The van der Waals surface area contributed by atoms with Gasteiger partial charge >= 0.3 is 0 Å². The van der Waals surface area contributed by atoms with Crippen LogP contribution in [0.5, 0.6) is 0 Å². The molecule has 0 spiro atoms. The highest BCUT2D eigenvalue weighted by Gasteiger charge is 2.12. The van der Waals surface area contributed by atoms with Crippen LogP contribution in [0.2, 0.25) is 10.0 Å². The lowest BCUT2D eigenvalue weighted by molar-refractivity contribution is 0.492. The standard InChI is InChI=1S/C17H18BrCl2N/c1-21-11-13(9-14-4-2-3-5-15(14)18)8-12-6-7-16(19)17(20)10-12/h2-7,10,13,21H,8-9,11H2,1H3. The molecule has 1 nitrogen and oxygen atoms in total. The van der Waals surface area contributed by atoms with Crippen LogP contribution < -0.4 is 5.32 Å². The minimum absolute atomic E-state index is 0.506. The summed E-state index contributed by atoms with van der Waals surface area (Å²) >= 11 is 15.7. The summed E-state index contributed by atoms with van der Waals surface area (Å²) in [4.78, 5) is 0. The van der Waals surface area contributed by atoms with Gasteiger partial charge in [-0.1, -0.05) is 63.4 Å².